The highest BCUT2D eigenvalue weighted by Gasteiger charge is 2.24. The lowest BCUT2D eigenvalue weighted by Crippen LogP contribution is -2.21. The van der Waals surface area contributed by atoms with E-state index < -0.39 is 5.97 Å². The molecule has 0 radical (unpaired) electrons. The Hall–Kier alpha value is -2.37. The van der Waals surface area contributed by atoms with Gasteiger partial charge < -0.3 is 9.84 Å². The fourth-order valence-corrected chi connectivity index (χ4v) is 2.25. The number of aromatic nitrogens is 3. The Morgan fingerprint density at radius 1 is 1.58 bits per heavy atom. The van der Waals surface area contributed by atoms with Crippen molar-refractivity contribution < 1.29 is 14.6 Å². The normalized spacial score (nSPS) is 17.0. The molecule has 1 N–H and O–H groups in total. The van der Waals surface area contributed by atoms with E-state index in [1.807, 2.05) is 19.1 Å². The summed E-state index contributed by atoms with van der Waals surface area (Å²) in [5.74, 6) is -0.174. The Labute approximate surface area is 109 Å². The lowest BCUT2D eigenvalue weighted by molar-refractivity contribution is 0.0690. The number of fused-ring (bicyclic) bond motifs is 1. The number of benzene rings is 1. The van der Waals surface area contributed by atoms with Gasteiger partial charge in [-0.25, -0.2) is 9.48 Å². The zero-order chi connectivity index (χ0) is 13.4. The molecule has 98 valence electrons. The molecule has 2 heterocycles. The van der Waals surface area contributed by atoms with E-state index >= 15 is 0 Å². The molecule has 6 heteroatoms. The minimum absolute atomic E-state index is 0.0276. The highest BCUT2D eigenvalue weighted by atomic mass is 16.5. The zero-order valence-corrected chi connectivity index (χ0v) is 10.4. The maximum Gasteiger partial charge on any atom is 0.358 e. The van der Waals surface area contributed by atoms with Crippen molar-refractivity contribution in [3.05, 3.63) is 41.2 Å². The zero-order valence-electron chi connectivity index (χ0n) is 10.4. The molecule has 0 saturated heterocycles. The summed E-state index contributed by atoms with van der Waals surface area (Å²) < 4.78 is 7.31. The monoisotopic (exact) mass is 259 g/mol. The summed E-state index contributed by atoms with van der Waals surface area (Å²) in [4.78, 5) is 10.7. The lowest BCUT2D eigenvalue weighted by atomic mass is 10.1. The molecule has 1 aromatic carbocycles. The van der Waals surface area contributed by atoms with E-state index in [1.165, 1.54) is 22.0 Å². The van der Waals surface area contributed by atoms with E-state index in [9.17, 15) is 4.79 Å². The smallest absolute Gasteiger partial charge is 0.358 e. The second kappa shape index (κ2) is 4.38. The quantitative estimate of drug-likeness (QED) is 0.898. The van der Waals surface area contributed by atoms with Crippen LogP contribution in [0.1, 0.15) is 21.6 Å². The van der Waals surface area contributed by atoms with Crippen LogP contribution in [0.5, 0.6) is 5.75 Å². The van der Waals surface area contributed by atoms with Crippen molar-refractivity contribution in [2.24, 2.45) is 0 Å². The Balaban J connectivity index is 1.71. The summed E-state index contributed by atoms with van der Waals surface area (Å²) in [7, 11) is 0. The van der Waals surface area contributed by atoms with Crippen LogP contribution < -0.4 is 4.74 Å². The number of ether oxygens (including phenoxy) is 1. The molecule has 1 aliphatic heterocycles. The van der Waals surface area contributed by atoms with Gasteiger partial charge in [0.1, 0.15) is 11.9 Å². The van der Waals surface area contributed by atoms with E-state index in [2.05, 4.69) is 16.4 Å². The molecule has 0 bridgehead atoms. The average Bonchev–Trinajstić information content (AvgIpc) is 2.95. The summed E-state index contributed by atoms with van der Waals surface area (Å²) in [5.41, 5.74) is 2.34. The molecular weight excluding hydrogens is 246 g/mol. The summed E-state index contributed by atoms with van der Waals surface area (Å²) in [6.45, 7) is 2.54. The van der Waals surface area contributed by atoms with Crippen molar-refractivity contribution in [2.45, 2.75) is 26.0 Å². The van der Waals surface area contributed by atoms with Crippen LogP contribution in [0.25, 0.3) is 0 Å². The van der Waals surface area contributed by atoms with Crippen LogP contribution in [0.15, 0.2) is 24.4 Å². The number of carbonyl (C=O) groups is 1. The number of hydrogen-bond acceptors (Lipinski definition) is 4. The van der Waals surface area contributed by atoms with Gasteiger partial charge in [-0.2, -0.15) is 0 Å². The molecule has 1 aliphatic rings. The van der Waals surface area contributed by atoms with E-state index in [0.29, 0.717) is 6.54 Å². The van der Waals surface area contributed by atoms with Gasteiger partial charge in [0.2, 0.25) is 0 Å². The SMILES string of the molecule is Cc1ccc2c(c1)CC(Cn1cc(C(=O)O)nn1)O2. The van der Waals surface area contributed by atoms with Crippen molar-refractivity contribution >= 4 is 5.97 Å². The van der Waals surface area contributed by atoms with Gasteiger partial charge in [0.15, 0.2) is 5.69 Å². The van der Waals surface area contributed by atoms with Crippen LogP contribution in [0.3, 0.4) is 0 Å². The fraction of sp³-hybridized carbons (Fsp3) is 0.308. The molecule has 0 fully saturated rings. The number of aryl methyl sites for hydroxylation is 1. The summed E-state index contributed by atoms with van der Waals surface area (Å²) in [6, 6.07) is 6.09. The molecule has 0 saturated carbocycles. The second-order valence-electron chi connectivity index (χ2n) is 4.69. The molecular formula is C13H13N3O3. The van der Waals surface area contributed by atoms with Crippen LogP contribution in [0.4, 0.5) is 0 Å². The Morgan fingerprint density at radius 3 is 3.16 bits per heavy atom. The number of rotatable bonds is 3. The van der Waals surface area contributed by atoms with Crippen molar-refractivity contribution in [3.63, 3.8) is 0 Å². The van der Waals surface area contributed by atoms with Gasteiger partial charge in [0.05, 0.1) is 12.7 Å². The third-order valence-corrected chi connectivity index (χ3v) is 3.11. The van der Waals surface area contributed by atoms with Gasteiger partial charge in [-0.15, -0.1) is 5.10 Å². The minimum atomic E-state index is -1.07. The van der Waals surface area contributed by atoms with Gasteiger partial charge in [-0.3, -0.25) is 0 Å². The first kappa shape index (κ1) is 11.7. The lowest BCUT2D eigenvalue weighted by Gasteiger charge is -2.09. The molecule has 6 nitrogen and oxygen atoms in total. The molecule has 3 rings (SSSR count). The molecule has 19 heavy (non-hydrogen) atoms. The maximum absolute atomic E-state index is 10.7. The first-order valence-electron chi connectivity index (χ1n) is 6.01. The van der Waals surface area contributed by atoms with Gasteiger partial charge >= 0.3 is 5.97 Å². The number of nitrogens with zero attached hydrogens (tertiary/aromatic N) is 3. The average molecular weight is 259 g/mol. The van der Waals surface area contributed by atoms with Crippen molar-refractivity contribution in [1.82, 2.24) is 15.0 Å². The third-order valence-electron chi connectivity index (χ3n) is 3.11. The third kappa shape index (κ3) is 2.29. The second-order valence-corrected chi connectivity index (χ2v) is 4.69. The van der Waals surface area contributed by atoms with Gasteiger partial charge in [-0.05, 0) is 18.6 Å². The molecule has 1 unspecified atom stereocenters. The molecule has 2 aromatic rings. The molecule has 1 atom stereocenters. The van der Waals surface area contributed by atoms with Crippen LogP contribution in [-0.2, 0) is 13.0 Å². The summed E-state index contributed by atoms with van der Waals surface area (Å²) in [6.07, 6.45) is 2.19. The van der Waals surface area contributed by atoms with E-state index in [-0.39, 0.29) is 11.8 Å². The molecule has 1 aromatic heterocycles. The molecule has 0 spiro atoms. The number of aromatic carboxylic acids is 1. The van der Waals surface area contributed by atoms with Gasteiger partial charge in [-0.1, -0.05) is 22.9 Å². The number of hydrogen-bond donors (Lipinski definition) is 1. The number of carboxylic acids is 1. The summed E-state index contributed by atoms with van der Waals surface area (Å²) >= 11 is 0. The maximum atomic E-state index is 10.7. The minimum Gasteiger partial charge on any atom is -0.488 e. The first-order valence-corrected chi connectivity index (χ1v) is 6.01. The topological polar surface area (TPSA) is 77.2 Å². The Kier molecular flexibility index (Phi) is 2.70. The van der Waals surface area contributed by atoms with Crippen LogP contribution in [-0.4, -0.2) is 32.2 Å². The highest BCUT2D eigenvalue weighted by Crippen LogP contribution is 2.29. The standard InChI is InChI=1S/C13H13N3O3/c1-8-2-3-12-9(4-8)5-10(19-12)6-16-7-11(13(17)18)14-15-16/h2-4,7,10H,5-6H2,1H3,(H,17,18). The Bertz CT molecular complexity index is 636. The predicted octanol–water partition coefficient (Wildman–Crippen LogP) is 1.29. The molecule has 0 amide bonds. The van der Waals surface area contributed by atoms with E-state index in [1.54, 1.807) is 0 Å². The van der Waals surface area contributed by atoms with Crippen molar-refractivity contribution in [2.75, 3.05) is 0 Å². The predicted molar refractivity (Wildman–Crippen MR) is 66.3 cm³/mol. The van der Waals surface area contributed by atoms with Crippen LogP contribution >= 0.6 is 0 Å². The fourth-order valence-electron chi connectivity index (χ4n) is 2.25. The summed E-state index contributed by atoms with van der Waals surface area (Å²) in [5, 5.41) is 16.2. The van der Waals surface area contributed by atoms with Crippen LogP contribution in [0, 0.1) is 6.92 Å². The van der Waals surface area contributed by atoms with Crippen molar-refractivity contribution in [3.8, 4) is 5.75 Å². The van der Waals surface area contributed by atoms with Gasteiger partial charge in [0.25, 0.3) is 0 Å². The first-order chi connectivity index (χ1) is 9.11. The van der Waals surface area contributed by atoms with Crippen LogP contribution in [0.2, 0.25) is 0 Å². The van der Waals surface area contributed by atoms with Crippen molar-refractivity contribution in [1.29, 1.82) is 0 Å². The molecule has 0 aliphatic carbocycles. The number of carboxylic acid groups (broad SMARTS) is 1. The largest absolute Gasteiger partial charge is 0.488 e. The van der Waals surface area contributed by atoms with Gasteiger partial charge in [0, 0.05) is 6.42 Å². The Morgan fingerprint density at radius 2 is 2.42 bits per heavy atom. The highest BCUT2D eigenvalue weighted by molar-refractivity contribution is 5.84. The van der Waals surface area contributed by atoms with E-state index in [4.69, 9.17) is 9.84 Å². The van der Waals surface area contributed by atoms with E-state index in [0.717, 1.165) is 12.2 Å².